The zero-order valence-corrected chi connectivity index (χ0v) is 16.2. The molecule has 30 heavy (non-hydrogen) atoms. The first-order valence-electron chi connectivity index (χ1n) is 9.74. The summed E-state index contributed by atoms with van der Waals surface area (Å²) in [5, 5.41) is 7.90. The highest BCUT2D eigenvalue weighted by Crippen LogP contribution is 2.41. The average Bonchev–Trinajstić information content (AvgIpc) is 2.73. The Morgan fingerprint density at radius 2 is 1.67 bits per heavy atom. The van der Waals surface area contributed by atoms with E-state index in [1.54, 1.807) is 42.7 Å². The van der Waals surface area contributed by atoms with E-state index in [4.69, 9.17) is 0 Å². The molecule has 1 aliphatic rings. The van der Waals surface area contributed by atoms with E-state index in [-0.39, 0.29) is 12.8 Å². The first kappa shape index (κ1) is 21.6. The summed E-state index contributed by atoms with van der Waals surface area (Å²) >= 11 is 0. The molecule has 3 amide bonds. The van der Waals surface area contributed by atoms with Crippen LogP contribution in [0.2, 0.25) is 0 Å². The third kappa shape index (κ3) is 5.95. The fourth-order valence-electron chi connectivity index (χ4n) is 3.60. The number of urea groups is 1. The molecule has 0 radical (unpaired) electrons. The SMILES string of the molecule is O=C(NCc1ccncc1)Nc1cccc(NC(=O)C2CCCCC2C(F)(F)F)c1. The van der Waals surface area contributed by atoms with Gasteiger partial charge in [-0.1, -0.05) is 18.9 Å². The molecule has 1 fully saturated rings. The Morgan fingerprint density at radius 1 is 1.00 bits per heavy atom. The maximum absolute atomic E-state index is 13.3. The van der Waals surface area contributed by atoms with Crippen molar-refractivity contribution in [2.75, 3.05) is 10.6 Å². The summed E-state index contributed by atoms with van der Waals surface area (Å²) in [5.74, 6) is -3.36. The number of benzene rings is 1. The van der Waals surface area contributed by atoms with Crippen LogP contribution in [-0.4, -0.2) is 23.1 Å². The molecule has 2 unspecified atom stereocenters. The van der Waals surface area contributed by atoms with Gasteiger partial charge in [-0.2, -0.15) is 13.2 Å². The second kappa shape index (κ2) is 9.60. The minimum Gasteiger partial charge on any atom is -0.334 e. The number of nitrogens with zero attached hydrogens (tertiary/aromatic N) is 1. The molecule has 9 heteroatoms. The van der Waals surface area contributed by atoms with Crippen molar-refractivity contribution in [1.82, 2.24) is 10.3 Å². The number of hydrogen-bond acceptors (Lipinski definition) is 3. The van der Waals surface area contributed by atoms with Gasteiger partial charge in [0.15, 0.2) is 0 Å². The smallest absolute Gasteiger partial charge is 0.334 e. The second-order valence-corrected chi connectivity index (χ2v) is 7.27. The molecular formula is C21H23F3N4O2. The number of alkyl halides is 3. The third-order valence-corrected chi connectivity index (χ3v) is 5.11. The number of carbonyl (C=O) groups excluding carboxylic acids is 2. The predicted molar refractivity (Wildman–Crippen MR) is 107 cm³/mol. The Hall–Kier alpha value is -3.10. The lowest BCUT2D eigenvalue weighted by atomic mass is 9.78. The van der Waals surface area contributed by atoms with Crippen LogP contribution in [0.25, 0.3) is 0 Å². The monoisotopic (exact) mass is 420 g/mol. The van der Waals surface area contributed by atoms with Crippen molar-refractivity contribution in [2.45, 2.75) is 38.4 Å². The molecule has 0 saturated heterocycles. The van der Waals surface area contributed by atoms with E-state index in [1.165, 1.54) is 6.07 Å². The van der Waals surface area contributed by atoms with Crippen LogP contribution in [0.15, 0.2) is 48.8 Å². The number of anilines is 2. The van der Waals surface area contributed by atoms with Gasteiger partial charge in [-0.3, -0.25) is 9.78 Å². The second-order valence-electron chi connectivity index (χ2n) is 7.27. The summed E-state index contributed by atoms with van der Waals surface area (Å²) < 4.78 is 39.8. The van der Waals surface area contributed by atoms with Crippen molar-refractivity contribution in [1.29, 1.82) is 0 Å². The van der Waals surface area contributed by atoms with E-state index in [0.29, 0.717) is 30.8 Å². The van der Waals surface area contributed by atoms with Crippen molar-refractivity contribution >= 4 is 23.3 Å². The maximum Gasteiger partial charge on any atom is 0.392 e. The number of amides is 3. The first-order valence-corrected chi connectivity index (χ1v) is 9.74. The number of carbonyl (C=O) groups is 2. The molecule has 160 valence electrons. The minimum atomic E-state index is -4.39. The van der Waals surface area contributed by atoms with Gasteiger partial charge in [0, 0.05) is 36.2 Å². The molecule has 1 heterocycles. The molecule has 2 atom stereocenters. The van der Waals surface area contributed by atoms with Crippen LogP contribution in [-0.2, 0) is 11.3 Å². The van der Waals surface area contributed by atoms with Gasteiger partial charge in [-0.15, -0.1) is 0 Å². The van der Waals surface area contributed by atoms with Gasteiger partial charge in [0.1, 0.15) is 0 Å². The number of rotatable bonds is 5. The zero-order chi connectivity index (χ0) is 21.6. The fourth-order valence-corrected chi connectivity index (χ4v) is 3.60. The van der Waals surface area contributed by atoms with Gasteiger partial charge in [-0.25, -0.2) is 4.79 Å². The number of aromatic nitrogens is 1. The van der Waals surface area contributed by atoms with E-state index in [2.05, 4.69) is 20.9 Å². The van der Waals surface area contributed by atoms with E-state index >= 15 is 0 Å². The molecule has 3 N–H and O–H groups in total. The van der Waals surface area contributed by atoms with Crippen LogP contribution in [0.3, 0.4) is 0 Å². The molecule has 0 spiro atoms. The summed E-state index contributed by atoms with van der Waals surface area (Å²) in [5.41, 5.74) is 1.63. The summed E-state index contributed by atoms with van der Waals surface area (Å²) in [6, 6.07) is 9.42. The highest BCUT2D eigenvalue weighted by Gasteiger charge is 2.48. The molecule has 3 rings (SSSR count). The molecule has 1 aliphatic carbocycles. The van der Waals surface area contributed by atoms with Crippen molar-refractivity contribution in [3.05, 3.63) is 54.4 Å². The lowest BCUT2D eigenvalue weighted by Crippen LogP contribution is -2.39. The molecule has 6 nitrogen and oxygen atoms in total. The first-order chi connectivity index (χ1) is 14.3. The third-order valence-electron chi connectivity index (χ3n) is 5.11. The van der Waals surface area contributed by atoms with Crippen LogP contribution >= 0.6 is 0 Å². The molecule has 1 aromatic carbocycles. The summed E-state index contributed by atoms with van der Waals surface area (Å²) in [6.07, 6.45) is 0.115. The van der Waals surface area contributed by atoms with Crippen molar-refractivity contribution in [3.8, 4) is 0 Å². The summed E-state index contributed by atoms with van der Waals surface area (Å²) in [4.78, 5) is 28.5. The van der Waals surface area contributed by atoms with Gasteiger partial charge in [0.25, 0.3) is 0 Å². The van der Waals surface area contributed by atoms with Gasteiger partial charge >= 0.3 is 12.2 Å². The standard InChI is InChI=1S/C21H23F3N4O2/c22-21(23,24)18-7-2-1-6-17(18)19(29)27-15-4-3-5-16(12-15)28-20(30)26-13-14-8-10-25-11-9-14/h3-5,8-12,17-18H,1-2,6-7,13H2,(H,27,29)(H2,26,28,30). The van der Waals surface area contributed by atoms with Gasteiger partial charge in [-0.05, 0) is 48.7 Å². The van der Waals surface area contributed by atoms with E-state index in [9.17, 15) is 22.8 Å². The Kier molecular flexibility index (Phi) is 6.91. The predicted octanol–water partition coefficient (Wildman–Crippen LogP) is 4.71. The lowest BCUT2D eigenvalue weighted by Gasteiger charge is -2.32. The Labute approximate surface area is 172 Å². The number of hydrogen-bond donors (Lipinski definition) is 3. The normalized spacial score (nSPS) is 19.0. The highest BCUT2D eigenvalue weighted by atomic mass is 19.4. The lowest BCUT2D eigenvalue weighted by molar-refractivity contribution is -0.197. The van der Waals surface area contributed by atoms with Gasteiger partial charge < -0.3 is 16.0 Å². The highest BCUT2D eigenvalue weighted by molar-refractivity contribution is 5.94. The number of halogens is 3. The summed E-state index contributed by atoms with van der Waals surface area (Å²) in [6.45, 7) is 0.311. The van der Waals surface area contributed by atoms with Gasteiger partial charge in [0.2, 0.25) is 5.91 Å². The van der Waals surface area contributed by atoms with Crippen LogP contribution in [0.5, 0.6) is 0 Å². The topological polar surface area (TPSA) is 83.1 Å². The van der Waals surface area contributed by atoms with Crippen molar-refractivity contribution in [2.24, 2.45) is 11.8 Å². The minimum absolute atomic E-state index is 0.0270. The van der Waals surface area contributed by atoms with Crippen LogP contribution in [0, 0.1) is 11.8 Å². The van der Waals surface area contributed by atoms with Crippen LogP contribution < -0.4 is 16.0 Å². The van der Waals surface area contributed by atoms with Crippen molar-refractivity contribution < 1.29 is 22.8 Å². The number of nitrogens with one attached hydrogen (secondary N) is 3. The number of pyridine rings is 1. The van der Waals surface area contributed by atoms with E-state index in [1.807, 2.05) is 0 Å². The Morgan fingerprint density at radius 3 is 2.37 bits per heavy atom. The molecule has 1 saturated carbocycles. The van der Waals surface area contributed by atoms with E-state index < -0.39 is 30.0 Å². The van der Waals surface area contributed by atoms with Crippen LogP contribution in [0.4, 0.5) is 29.3 Å². The Balaban J connectivity index is 1.58. The molecular weight excluding hydrogens is 397 g/mol. The molecule has 0 aliphatic heterocycles. The molecule has 1 aromatic heterocycles. The zero-order valence-electron chi connectivity index (χ0n) is 16.2. The summed E-state index contributed by atoms with van der Waals surface area (Å²) in [7, 11) is 0. The maximum atomic E-state index is 13.3. The fraction of sp³-hybridized carbons (Fsp3) is 0.381. The molecule has 2 aromatic rings. The average molecular weight is 420 g/mol. The van der Waals surface area contributed by atoms with Crippen molar-refractivity contribution in [3.63, 3.8) is 0 Å². The Bertz CT molecular complexity index is 874. The van der Waals surface area contributed by atoms with Crippen LogP contribution in [0.1, 0.15) is 31.2 Å². The van der Waals surface area contributed by atoms with E-state index in [0.717, 1.165) is 5.56 Å². The molecule has 0 bridgehead atoms. The quantitative estimate of drug-likeness (QED) is 0.655. The largest absolute Gasteiger partial charge is 0.392 e. The van der Waals surface area contributed by atoms with Gasteiger partial charge in [0.05, 0.1) is 5.92 Å².